The number of likely N-dealkylation sites (N-methyl/N-ethyl adjacent to an activating group) is 1. The molecule has 3 rings (SSSR count). The number of nitrogens with zero attached hydrogens (tertiary/aromatic N) is 2. The van der Waals surface area contributed by atoms with E-state index in [1.807, 2.05) is 6.92 Å². The van der Waals surface area contributed by atoms with Crippen LogP contribution in [-0.2, 0) is 0 Å². The zero-order valence-corrected chi connectivity index (χ0v) is 13.7. The van der Waals surface area contributed by atoms with Gasteiger partial charge in [-0.1, -0.05) is 0 Å². The highest BCUT2D eigenvalue weighted by molar-refractivity contribution is 5.91. The molecular weight excluding hydrogens is 325 g/mol. The molecule has 0 aliphatic rings. The normalized spacial score (nSPS) is 10.8. The van der Waals surface area contributed by atoms with Crippen molar-refractivity contribution in [2.75, 3.05) is 25.0 Å². The van der Waals surface area contributed by atoms with Crippen LogP contribution in [0.15, 0.2) is 46.9 Å². The molecule has 1 aromatic heterocycles. The van der Waals surface area contributed by atoms with E-state index in [4.69, 9.17) is 9.52 Å². The van der Waals surface area contributed by atoms with Gasteiger partial charge >= 0.3 is 6.03 Å². The number of fused-ring (bicyclic) bond motifs is 1. The van der Waals surface area contributed by atoms with Gasteiger partial charge in [0.05, 0.1) is 6.61 Å². The average Bonchev–Trinajstić information content (AvgIpc) is 3.03. The first-order chi connectivity index (χ1) is 12.1. The van der Waals surface area contributed by atoms with Crippen LogP contribution < -0.4 is 5.32 Å². The summed E-state index contributed by atoms with van der Waals surface area (Å²) < 4.78 is 18.7. The number of amides is 2. The Kier molecular flexibility index (Phi) is 4.95. The molecule has 0 saturated heterocycles. The molecule has 0 aliphatic heterocycles. The summed E-state index contributed by atoms with van der Waals surface area (Å²) in [5.41, 5.74) is 2.39. The SMILES string of the molecule is CCN(CCO)C(=O)Nc1ccc2nc(-c3ccc(F)cc3)oc2c1. The number of carbonyl (C=O) groups excluding carboxylic acids is 1. The molecule has 2 aromatic carbocycles. The van der Waals surface area contributed by atoms with Gasteiger partial charge in [-0.15, -0.1) is 0 Å². The third-order valence-electron chi connectivity index (χ3n) is 3.77. The number of urea groups is 1. The maximum atomic E-state index is 13.0. The predicted molar refractivity (Wildman–Crippen MR) is 92.8 cm³/mol. The first-order valence-corrected chi connectivity index (χ1v) is 7.94. The monoisotopic (exact) mass is 343 g/mol. The minimum absolute atomic E-state index is 0.0938. The number of hydrogen-bond donors (Lipinski definition) is 2. The Morgan fingerprint density at radius 2 is 2.04 bits per heavy atom. The number of oxazole rings is 1. The molecule has 0 saturated carbocycles. The second kappa shape index (κ2) is 7.31. The van der Waals surface area contributed by atoms with Crippen LogP contribution in [-0.4, -0.2) is 40.7 Å². The molecule has 7 heteroatoms. The minimum atomic E-state index is -0.326. The Balaban J connectivity index is 1.82. The topological polar surface area (TPSA) is 78.6 Å². The van der Waals surface area contributed by atoms with Crippen LogP contribution in [0.3, 0.4) is 0 Å². The fourth-order valence-corrected chi connectivity index (χ4v) is 2.44. The van der Waals surface area contributed by atoms with Gasteiger partial charge < -0.3 is 19.7 Å². The Morgan fingerprint density at radius 1 is 1.28 bits per heavy atom. The number of halogens is 1. The number of carbonyl (C=O) groups is 1. The van der Waals surface area contributed by atoms with Crippen LogP contribution in [0.2, 0.25) is 0 Å². The van der Waals surface area contributed by atoms with E-state index in [1.54, 1.807) is 30.3 Å². The second-order valence-electron chi connectivity index (χ2n) is 5.44. The molecule has 130 valence electrons. The number of aliphatic hydroxyl groups is 1. The van der Waals surface area contributed by atoms with Gasteiger partial charge in [0.1, 0.15) is 11.3 Å². The maximum Gasteiger partial charge on any atom is 0.321 e. The summed E-state index contributed by atoms with van der Waals surface area (Å²) in [6, 6.07) is 10.7. The first-order valence-electron chi connectivity index (χ1n) is 7.94. The van der Waals surface area contributed by atoms with Crippen molar-refractivity contribution in [2.45, 2.75) is 6.92 Å². The number of nitrogens with one attached hydrogen (secondary N) is 1. The molecule has 2 N–H and O–H groups in total. The van der Waals surface area contributed by atoms with Gasteiger partial charge in [-0.2, -0.15) is 0 Å². The molecular formula is C18H18FN3O3. The maximum absolute atomic E-state index is 13.0. The van der Waals surface area contributed by atoms with Crippen LogP contribution >= 0.6 is 0 Å². The van der Waals surface area contributed by atoms with Crippen molar-refractivity contribution in [2.24, 2.45) is 0 Å². The van der Waals surface area contributed by atoms with Crippen molar-refractivity contribution in [3.05, 3.63) is 48.3 Å². The average molecular weight is 343 g/mol. The molecule has 0 spiro atoms. The fourth-order valence-electron chi connectivity index (χ4n) is 2.44. The summed E-state index contributed by atoms with van der Waals surface area (Å²) in [5, 5.41) is 11.7. The Morgan fingerprint density at radius 3 is 2.72 bits per heavy atom. The van der Waals surface area contributed by atoms with Gasteiger partial charge in [0, 0.05) is 30.4 Å². The van der Waals surface area contributed by atoms with Crippen LogP contribution in [0, 0.1) is 5.82 Å². The van der Waals surface area contributed by atoms with Crippen molar-refractivity contribution >= 4 is 22.8 Å². The van der Waals surface area contributed by atoms with Crippen molar-refractivity contribution in [3.8, 4) is 11.5 Å². The highest BCUT2D eigenvalue weighted by atomic mass is 19.1. The molecule has 1 heterocycles. The summed E-state index contributed by atoms with van der Waals surface area (Å²) >= 11 is 0. The molecule has 0 unspecified atom stereocenters. The lowest BCUT2D eigenvalue weighted by atomic mass is 10.2. The molecule has 25 heavy (non-hydrogen) atoms. The Hall–Kier alpha value is -2.93. The van der Waals surface area contributed by atoms with Gasteiger partial charge in [0.2, 0.25) is 5.89 Å². The summed E-state index contributed by atoms with van der Waals surface area (Å²) in [7, 11) is 0. The third-order valence-corrected chi connectivity index (χ3v) is 3.77. The molecule has 0 fully saturated rings. The highest BCUT2D eigenvalue weighted by Crippen LogP contribution is 2.26. The van der Waals surface area contributed by atoms with Gasteiger partial charge in [0.25, 0.3) is 0 Å². The van der Waals surface area contributed by atoms with E-state index >= 15 is 0 Å². The molecule has 0 aliphatic carbocycles. The minimum Gasteiger partial charge on any atom is -0.436 e. The van der Waals surface area contributed by atoms with Crippen molar-refractivity contribution in [3.63, 3.8) is 0 Å². The van der Waals surface area contributed by atoms with E-state index in [2.05, 4.69) is 10.3 Å². The number of hydrogen-bond acceptors (Lipinski definition) is 4. The summed E-state index contributed by atoms with van der Waals surface area (Å²) in [6.45, 7) is 2.50. The molecule has 0 radical (unpaired) electrons. The van der Waals surface area contributed by atoms with E-state index in [0.717, 1.165) is 0 Å². The molecule has 2 amide bonds. The van der Waals surface area contributed by atoms with E-state index < -0.39 is 0 Å². The number of rotatable bonds is 5. The van der Waals surface area contributed by atoms with Crippen molar-refractivity contribution < 1.29 is 18.7 Å². The zero-order valence-electron chi connectivity index (χ0n) is 13.7. The summed E-state index contributed by atoms with van der Waals surface area (Å²) in [5.74, 6) is 0.0576. The quantitative estimate of drug-likeness (QED) is 0.743. The van der Waals surface area contributed by atoms with Crippen LogP contribution in [0.4, 0.5) is 14.9 Å². The first kappa shape index (κ1) is 16.9. The lowest BCUT2D eigenvalue weighted by Crippen LogP contribution is -2.36. The molecule has 0 atom stereocenters. The van der Waals surface area contributed by atoms with Crippen molar-refractivity contribution in [1.29, 1.82) is 0 Å². The van der Waals surface area contributed by atoms with E-state index in [9.17, 15) is 9.18 Å². The van der Waals surface area contributed by atoms with Gasteiger partial charge in [-0.3, -0.25) is 0 Å². The summed E-state index contributed by atoms with van der Waals surface area (Å²) in [6.07, 6.45) is 0. The smallest absolute Gasteiger partial charge is 0.321 e. The largest absolute Gasteiger partial charge is 0.436 e. The predicted octanol–water partition coefficient (Wildman–Crippen LogP) is 3.48. The third kappa shape index (κ3) is 3.77. The zero-order chi connectivity index (χ0) is 17.8. The van der Waals surface area contributed by atoms with Crippen LogP contribution in [0.5, 0.6) is 0 Å². The van der Waals surface area contributed by atoms with Gasteiger partial charge in [-0.05, 0) is 43.3 Å². The highest BCUT2D eigenvalue weighted by Gasteiger charge is 2.13. The Bertz CT molecular complexity index is 877. The number of benzene rings is 2. The molecule has 6 nitrogen and oxygen atoms in total. The standard InChI is InChI=1S/C18H18FN3O3/c1-2-22(9-10-23)18(24)20-14-7-8-15-16(11-14)25-17(21-15)12-3-5-13(19)6-4-12/h3-8,11,23H,2,9-10H2,1H3,(H,20,24). The number of anilines is 1. The Labute approximate surface area is 143 Å². The fraction of sp³-hybridized carbons (Fsp3) is 0.222. The van der Waals surface area contributed by atoms with E-state index in [1.165, 1.54) is 17.0 Å². The van der Waals surface area contributed by atoms with Crippen molar-refractivity contribution in [1.82, 2.24) is 9.88 Å². The second-order valence-corrected chi connectivity index (χ2v) is 5.44. The molecule has 3 aromatic rings. The van der Waals surface area contributed by atoms with Crippen LogP contribution in [0.1, 0.15) is 6.92 Å². The van der Waals surface area contributed by atoms with E-state index in [0.29, 0.717) is 34.8 Å². The van der Waals surface area contributed by atoms with Gasteiger partial charge in [0.15, 0.2) is 5.58 Å². The number of aromatic nitrogens is 1. The lowest BCUT2D eigenvalue weighted by Gasteiger charge is -2.20. The molecule has 0 bridgehead atoms. The lowest BCUT2D eigenvalue weighted by molar-refractivity contribution is 0.192. The van der Waals surface area contributed by atoms with E-state index in [-0.39, 0.29) is 25.0 Å². The van der Waals surface area contributed by atoms with Crippen LogP contribution in [0.25, 0.3) is 22.6 Å². The van der Waals surface area contributed by atoms with Gasteiger partial charge in [-0.25, -0.2) is 14.2 Å². The summed E-state index contributed by atoms with van der Waals surface area (Å²) in [4.78, 5) is 18.0. The number of aliphatic hydroxyl groups excluding tert-OH is 1.